The van der Waals surface area contributed by atoms with Gasteiger partial charge in [0.1, 0.15) is 12.2 Å². The van der Waals surface area contributed by atoms with Crippen LogP contribution in [0.25, 0.3) is 0 Å². The van der Waals surface area contributed by atoms with Gasteiger partial charge in [0.25, 0.3) is 0 Å². The van der Waals surface area contributed by atoms with Gasteiger partial charge in [-0.15, -0.1) is 0 Å². The summed E-state index contributed by atoms with van der Waals surface area (Å²) in [6, 6.07) is 6.77. The van der Waals surface area contributed by atoms with Gasteiger partial charge >= 0.3 is 13.5 Å². The predicted octanol–water partition coefficient (Wildman–Crippen LogP) is 3.06. The smallest absolute Gasteiger partial charge is 0.384 e. The zero-order chi connectivity index (χ0) is 24.9. The van der Waals surface area contributed by atoms with Crippen molar-refractivity contribution >= 4 is 43.3 Å². The van der Waals surface area contributed by atoms with Gasteiger partial charge in [0, 0.05) is 12.2 Å². The summed E-state index contributed by atoms with van der Waals surface area (Å²) in [6.45, 7) is 4.29. The number of carbonyl (C=O) groups excluding carboxylic acids is 3. The first-order chi connectivity index (χ1) is 16.3. The topological polar surface area (TPSA) is 115 Å². The Bertz CT molecular complexity index is 820. The average Bonchev–Trinajstić information content (AvgIpc) is 2.83. The molecule has 0 saturated carbocycles. The van der Waals surface area contributed by atoms with E-state index in [0.717, 1.165) is 36.3 Å². The molecule has 8 nitrogen and oxygen atoms in total. The predicted molar refractivity (Wildman–Crippen MR) is 133 cm³/mol. The Labute approximate surface area is 206 Å². The summed E-state index contributed by atoms with van der Waals surface area (Å²) < 4.78 is 15.7. The van der Waals surface area contributed by atoms with Crippen molar-refractivity contribution in [3.05, 3.63) is 29.8 Å². The minimum Gasteiger partial charge on any atom is -0.555 e. The highest BCUT2D eigenvalue weighted by Crippen LogP contribution is 2.22. The summed E-state index contributed by atoms with van der Waals surface area (Å²) in [4.78, 5) is 38.6. The van der Waals surface area contributed by atoms with E-state index in [2.05, 4.69) is 5.32 Å². The number of rotatable bonds is 5. The number of ketones is 1. The van der Waals surface area contributed by atoms with Gasteiger partial charge in [-0.05, 0) is 48.6 Å². The first-order valence-corrected chi connectivity index (χ1v) is 12.7. The summed E-state index contributed by atoms with van der Waals surface area (Å²) in [6.07, 6.45) is 2.89. The van der Waals surface area contributed by atoms with Crippen LogP contribution in [0.15, 0.2) is 24.3 Å². The lowest BCUT2D eigenvalue weighted by molar-refractivity contribution is -0.146. The Morgan fingerprint density at radius 1 is 1.24 bits per heavy atom. The normalized spacial score (nSPS) is 23.0. The molecule has 2 N–H and O–H groups in total. The number of amides is 1. The van der Waals surface area contributed by atoms with Crippen molar-refractivity contribution < 1.29 is 28.5 Å². The largest absolute Gasteiger partial charge is 0.555 e. The number of hydrogen-bond donors (Lipinski definition) is 2. The number of Topliss-reactive ketones (excluding diaryl/α,β-unsaturated/α-hetero) is 1. The molecular formula is C24H34BN2O6S. The maximum absolute atomic E-state index is 13.2. The zero-order valence-electron chi connectivity index (χ0n) is 20.1. The molecule has 0 fully saturated rings. The fourth-order valence-corrected chi connectivity index (χ4v) is 4.77. The fourth-order valence-electron chi connectivity index (χ4n) is 3.66. The molecule has 0 spiro atoms. The Kier molecular flexibility index (Phi) is 12.0. The second-order valence-electron chi connectivity index (χ2n) is 8.60. The minimum absolute atomic E-state index is 0.00153. The Morgan fingerprint density at radius 3 is 2.62 bits per heavy atom. The van der Waals surface area contributed by atoms with E-state index in [1.54, 1.807) is 11.8 Å². The molecule has 1 amide bonds. The third-order valence-corrected chi connectivity index (χ3v) is 6.81. The van der Waals surface area contributed by atoms with Crippen molar-refractivity contribution in [1.82, 2.24) is 5.32 Å². The molecular weight excluding hydrogens is 455 g/mol. The number of ether oxygens (including phenoxy) is 2. The molecule has 0 aromatic heterocycles. The molecule has 2 heterocycles. The average molecular weight is 489 g/mol. The summed E-state index contributed by atoms with van der Waals surface area (Å²) in [7, 11) is 2.62. The second kappa shape index (κ2) is 14.7. The van der Waals surface area contributed by atoms with Crippen LogP contribution in [0.2, 0.25) is 5.82 Å². The summed E-state index contributed by atoms with van der Waals surface area (Å²) in [5.41, 5.74) is 0.893. The number of carbonyl (C=O) groups is 3. The van der Waals surface area contributed by atoms with Gasteiger partial charge in [-0.1, -0.05) is 26.0 Å². The molecule has 0 aliphatic carbocycles. The monoisotopic (exact) mass is 489 g/mol. The second-order valence-corrected chi connectivity index (χ2v) is 9.75. The molecule has 185 valence electrons. The standard InChI is InChI=1S/C24H34BN2O6S/c1-16(2)22-21(28)13-18(24(30)31-3)14-34-11-5-4-10-32-19-8-6-17(7-9-19)12-20(23(29)27-22)25-33-15-26/h6-9,15-16,18,20,22,26H,4-5,10-14H2,1-3H3,(H,27,29)/t18-,20-,22-/m0/s1. The van der Waals surface area contributed by atoms with Crippen LogP contribution in [-0.2, 0) is 30.2 Å². The molecule has 1 aromatic rings. The summed E-state index contributed by atoms with van der Waals surface area (Å²) in [5, 5.41) is 9.99. The van der Waals surface area contributed by atoms with Gasteiger partial charge in [0.15, 0.2) is 5.78 Å². The third kappa shape index (κ3) is 9.04. The number of fused-ring (bicyclic) bond motifs is 16. The fraction of sp³-hybridized carbons (Fsp3) is 0.583. The van der Waals surface area contributed by atoms with Crippen LogP contribution in [0.1, 0.15) is 38.7 Å². The van der Waals surface area contributed by atoms with Crippen LogP contribution < -0.4 is 10.1 Å². The Morgan fingerprint density at radius 2 is 1.97 bits per heavy atom. The van der Waals surface area contributed by atoms with E-state index in [1.165, 1.54) is 14.6 Å². The van der Waals surface area contributed by atoms with Gasteiger partial charge in [-0.3, -0.25) is 19.8 Å². The minimum atomic E-state index is -0.751. The van der Waals surface area contributed by atoms with Crippen molar-refractivity contribution in [1.29, 1.82) is 5.41 Å². The molecule has 10 heteroatoms. The van der Waals surface area contributed by atoms with Crippen molar-refractivity contribution in [2.75, 3.05) is 25.2 Å². The summed E-state index contributed by atoms with van der Waals surface area (Å²) >= 11 is 1.61. The van der Waals surface area contributed by atoms with E-state index in [0.29, 0.717) is 18.8 Å². The summed E-state index contributed by atoms with van der Waals surface area (Å²) in [5.74, 6) is -0.381. The number of thioether (sulfide) groups is 1. The van der Waals surface area contributed by atoms with Crippen molar-refractivity contribution in [2.45, 2.75) is 51.4 Å². The van der Waals surface area contributed by atoms with E-state index >= 15 is 0 Å². The first-order valence-electron chi connectivity index (χ1n) is 11.5. The van der Waals surface area contributed by atoms with E-state index in [1.807, 2.05) is 38.1 Å². The van der Waals surface area contributed by atoms with E-state index < -0.39 is 23.7 Å². The molecule has 2 aliphatic heterocycles. The Hall–Kier alpha value is -2.49. The lowest BCUT2D eigenvalue weighted by atomic mass is 9.74. The molecule has 0 unspecified atom stereocenters. The molecule has 2 bridgehead atoms. The Balaban J connectivity index is 2.26. The number of benzene rings is 1. The van der Waals surface area contributed by atoms with Crippen LogP contribution in [0.3, 0.4) is 0 Å². The van der Waals surface area contributed by atoms with Gasteiger partial charge in [0.2, 0.25) is 5.91 Å². The molecule has 0 saturated heterocycles. The van der Waals surface area contributed by atoms with Gasteiger partial charge < -0.3 is 19.4 Å². The first kappa shape index (κ1) is 27.8. The van der Waals surface area contributed by atoms with E-state index in [-0.39, 0.29) is 24.0 Å². The van der Waals surface area contributed by atoms with Gasteiger partial charge in [-0.25, -0.2) is 0 Å². The van der Waals surface area contributed by atoms with Gasteiger partial charge in [-0.2, -0.15) is 11.8 Å². The van der Waals surface area contributed by atoms with Crippen molar-refractivity contribution in [2.24, 2.45) is 11.8 Å². The lowest BCUT2D eigenvalue weighted by Crippen LogP contribution is -2.47. The molecule has 2 aliphatic rings. The number of nitrogens with one attached hydrogen (secondary N) is 2. The number of esters is 1. The quantitative estimate of drug-likeness (QED) is 0.283. The lowest BCUT2D eigenvalue weighted by Gasteiger charge is -2.25. The molecule has 3 rings (SSSR count). The van der Waals surface area contributed by atoms with E-state index in [4.69, 9.17) is 19.5 Å². The van der Waals surface area contributed by atoms with Crippen LogP contribution in [0.5, 0.6) is 5.75 Å². The van der Waals surface area contributed by atoms with Crippen LogP contribution >= 0.6 is 11.8 Å². The van der Waals surface area contributed by atoms with Crippen molar-refractivity contribution in [3.8, 4) is 5.75 Å². The molecule has 34 heavy (non-hydrogen) atoms. The highest BCUT2D eigenvalue weighted by atomic mass is 32.2. The zero-order valence-corrected chi connectivity index (χ0v) is 20.9. The third-order valence-electron chi connectivity index (χ3n) is 5.59. The SMILES string of the molecule is COC(=O)[C@@H]1CSCCCCOc2ccc(cc2)C[C@H]([B]OC=N)C(=O)N[C@@H](C(C)C)C(=O)C1. The van der Waals surface area contributed by atoms with Crippen LogP contribution in [-0.4, -0.2) is 62.8 Å². The number of methoxy groups -OCH3 is 1. The number of hydrogen-bond acceptors (Lipinski definition) is 8. The van der Waals surface area contributed by atoms with E-state index in [9.17, 15) is 14.4 Å². The van der Waals surface area contributed by atoms with Crippen LogP contribution in [0.4, 0.5) is 0 Å². The molecule has 1 aromatic carbocycles. The van der Waals surface area contributed by atoms with Crippen LogP contribution in [0, 0.1) is 17.2 Å². The van der Waals surface area contributed by atoms with Crippen molar-refractivity contribution in [3.63, 3.8) is 0 Å². The molecule has 1 radical (unpaired) electrons. The molecule has 3 atom stereocenters. The highest BCUT2D eigenvalue weighted by Gasteiger charge is 2.32. The maximum Gasteiger partial charge on any atom is 0.384 e. The maximum atomic E-state index is 13.2. The highest BCUT2D eigenvalue weighted by molar-refractivity contribution is 7.99. The van der Waals surface area contributed by atoms with Gasteiger partial charge in [0.05, 0.1) is 31.5 Å².